The Labute approximate surface area is 175 Å². The molecule has 2 aromatic heterocycles. The molecular formula is C25H35NOS. The maximum absolute atomic E-state index is 6.41. The van der Waals surface area contributed by atoms with E-state index in [0.717, 1.165) is 18.5 Å². The molecule has 28 heavy (non-hydrogen) atoms. The van der Waals surface area contributed by atoms with E-state index in [1.807, 2.05) is 17.5 Å². The zero-order valence-electron chi connectivity index (χ0n) is 18.8. The highest BCUT2D eigenvalue weighted by Gasteiger charge is 2.30. The molecule has 0 saturated carbocycles. The molecule has 152 valence electrons. The standard InChI is InChI=1S/C25H35NOS/c1-16-11-14-26-20(15-16)23-22(19-9-12-25(7,8)13-10-19)21(18(3)28-23)17(2)27-24(4,5)6/h9,11,14-15,17H,10,12-13H2,1-8H3. The fraction of sp³-hybridized carbons (Fsp3) is 0.560. The lowest BCUT2D eigenvalue weighted by Gasteiger charge is -2.31. The van der Waals surface area contributed by atoms with E-state index in [1.54, 1.807) is 0 Å². The number of rotatable bonds is 4. The van der Waals surface area contributed by atoms with Gasteiger partial charge in [-0.25, -0.2) is 0 Å². The summed E-state index contributed by atoms with van der Waals surface area (Å²) >= 11 is 1.87. The van der Waals surface area contributed by atoms with E-state index in [4.69, 9.17) is 9.72 Å². The zero-order chi connectivity index (χ0) is 20.7. The van der Waals surface area contributed by atoms with Crippen LogP contribution < -0.4 is 0 Å². The highest BCUT2D eigenvalue weighted by molar-refractivity contribution is 7.16. The Bertz CT molecular complexity index is 882. The Kier molecular flexibility index (Phi) is 5.89. The van der Waals surface area contributed by atoms with Gasteiger partial charge >= 0.3 is 0 Å². The van der Waals surface area contributed by atoms with Gasteiger partial charge in [0.25, 0.3) is 0 Å². The Morgan fingerprint density at radius 2 is 1.93 bits per heavy atom. The Hall–Kier alpha value is -1.45. The van der Waals surface area contributed by atoms with E-state index >= 15 is 0 Å². The van der Waals surface area contributed by atoms with E-state index in [0.29, 0.717) is 5.41 Å². The minimum Gasteiger partial charge on any atom is -0.368 e. The van der Waals surface area contributed by atoms with E-state index in [2.05, 4.69) is 73.6 Å². The van der Waals surface area contributed by atoms with Crippen LogP contribution in [0.3, 0.4) is 0 Å². The van der Waals surface area contributed by atoms with Crippen molar-refractivity contribution in [2.75, 3.05) is 0 Å². The number of thiophene rings is 1. The highest BCUT2D eigenvalue weighted by Crippen LogP contribution is 2.48. The fourth-order valence-electron chi connectivity index (χ4n) is 4.10. The van der Waals surface area contributed by atoms with Gasteiger partial charge in [-0.2, -0.15) is 0 Å². The van der Waals surface area contributed by atoms with Crippen LogP contribution in [0.5, 0.6) is 0 Å². The normalized spacial score (nSPS) is 18.1. The van der Waals surface area contributed by atoms with E-state index < -0.39 is 0 Å². The summed E-state index contributed by atoms with van der Waals surface area (Å²) in [5, 5.41) is 0. The second kappa shape index (κ2) is 7.76. The monoisotopic (exact) mass is 397 g/mol. The molecule has 3 rings (SSSR count). The summed E-state index contributed by atoms with van der Waals surface area (Å²) in [7, 11) is 0. The van der Waals surface area contributed by atoms with Crippen molar-refractivity contribution in [2.24, 2.45) is 5.41 Å². The molecule has 0 saturated heterocycles. The zero-order valence-corrected chi connectivity index (χ0v) is 19.6. The van der Waals surface area contributed by atoms with E-state index in [1.165, 1.54) is 38.4 Å². The lowest BCUT2D eigenvalue weighted by molar-refractivity contribution is -0.0531. The summed E-state index contributed by atoms with van der Waals surface area (Å²) in [6, 6.07) is 4.28. The molecule has 0 bridgehead atoms. The highest BCUT2D eigenvalue weighted by atomic mass is 32.1. The Morgan fingerprint density at radius 1 is 1.21 bits per heavy atom. The number of aryl methyl sites for hydroxylation is 2. The number of pyridine rings is 1. The van der Waals surface area contributed by atoms with Crippen molar-refractivity contribution < 1.29 is 4.74 Å². The van der Waals surface area contributed by atoms with Gasteiger partial charge in [0.15, 0.2) is 0 Å². The Morgan fingerprint density at radius 3 is 2.50 bits per heavy atom. The quantitative estimate of drug-likeness (QED) is 0.523. The first-order chi connectivity index (χ1) is 13.0. The SMILES string of the molecule is Cc1ccnc(-c2sc(C)c(C(C)OC(C)(C)C)c2C2=CCC(C)(C)CC2)c1. The number of ether oxygens (including phenoxy) is 1. The van der Waals surface area contributed by atoms with E-state index in [9.17, 15) is 0 Å². The smallest absolute Gasteiger partial charge is 0.0820 e. The predicted octanol–water partition coefficient (Wildman–Crippen LogP) is 7.90. The van der Waals surface area contributed by atoms with Gasteiger partial charge in [-0.15, -0.1) is 11.3 Å². The number of nitrogens with zero attached hydrogens (tertiary/aromatic N) is 1. The topological polar surface area (TPSA) is 22.1 Å². The van der Waals surface area contributed by atoms with Crippen molar-refractivity contribution >= 4 is 16.9 Å². The molecule has 0 aliphatic heterocycles. The second-order valence-electron chi connectivity index (χ2n) is 9.96. The molecule has 0 radical (unpaired) electrons. The number of hydrogen-bond acceptors (Lipinski definition) is 3. The third-order valence-electron chi connectivity index (χ3n) is 5.51. The summed E-state index contributed by atoms with van der Waals surface area (Å²) in [4.78, 5) is 7.37. The van der Waals surface area contributed by atoms with Crippen molar-refractivity contribution in [3.8, 4) is 10.6 Å². The predicted molar refractivity (Wildman–Crippen MR) is 122 cm³/mol. The van der Waals surface area contributed by atoms with Crippen LogP contribution in [-0.4, -0.2) is 10.6 Å². The minimum absolute atomic E-state index is 0.0562. The summed E-state index contributed by atoms with van der Waals surface area (Å²) < 4.78 is 6.41. The fourth-order valence-corrected chi connectivity index (χ4v) is 5.34. The van der Waals surface area contributed by atoms with Crippen molar-refractivity contribution in [2.45, 2.75) is 86.4 Å². The molecule has 1 atom stereocenters. The van der Waals surface area contributed by atoms with Gasteiger partial charge in [-0.3, -0.25) is 4.98 Å². The first-order valence-corrected chi connectivity index (χ1v) is 11.2. The maximum Gasteiger partial charge on any atom is 0.0820 e. The molecule has 0 aromatic carbocycles. The number of hydrogen-bond donors (Lipinski definition) is 0. The van der Waals surface area contributed by atoms with Crippen LogP contribution in [0, 0.1) is 19.3 Å². The molecule has 0 fully saturated rings. The van der Waals surface area contributed by atoms with Crippen LogP contribution in [0.25, 0.3) is 16.1 Å². The van der Waals surface area contributed by atoms with Gasteiger partial charge in [0, 0.05) is 22.2 Å². The van der Waals surface area contributed by atoms with Crippen LogP contribution in [0.1, 0.15) is 88.5 Å². The molecule has 2 nitrogen and oxygen atoms in total. The van der Waals surface area contributed by atoms with Gasteiger partial charge in [-0.05, 0) is 89.5 Å². The molecule has 0 spiro atoms. The van der Waals surface area contributed by atoms with E-state index in [-0.39, 0.29) is 11.7 Å². The second-order valence-corrected chi connectivity index (χ2v) is 11.2. The average Bonchev–Trinajstić information content (AvgIpc) is 2.91. The van der Waals surface area contributed by atoms with Crippen LogP contribution in [-0.2, 0) is 4.74 Å². The van der Waals surface area contributed by atoms with Gasteiger partial charge < -0.3 is 4.74 Å². The molecular weight excluding hydrogens is 362 g/mol. The summed E-state index contributed by atoms with van der Waals surface area (Å²) in [5.41, 5.74) is 6.77. The van der Waals surface area contributed by atoms with Crippen molar-refractivity contribution in [1.29, 1.82) is 0 Å². The van der Waals surface area contributed by atoms with Gasteiger partial charge in [0.2, 0.25) is 0 Å². The molecule has 3 heteroatoms. The maximum atomic E-state index is 6.41. The number of allylic oxidation sites excluding steroid dienone is 2. The van der Waals surface area contributed by atoms with Crippen molar-refractivity contribution in [3.05, 3.63) is 46.0 Å². The van der Waals surface area contributed by atoms with Gasteiger partial charge in [-0.1, -0.05) is 19.9 Å². The van der Waals surface area contributed by atoms with Gasteiger partial charge in [0.05, 0.1) is 22.3 Å². The van der Waals surface area contributed by atoms with Crippen molar-refractivity contribution in [3.63, 3.8) is 0 Å². The average molecular weight is 398 g/mol. The summed E-state index contributed by atoms with van der Waals surface area (Å²) in [6.45, 7) is 17.7. The third kappa shape index (κ3) is 4.75. The van der Waals surface area contributed by atoms with Crippen LogP contribution in [0.4, 0.5) is 0 Å². The summed E-state index contributed by atoms with van der Waals surface area (Å²) in [6.07, 6.45) is 7.93. The lowest BCUT2D eigenvalue weighted by Crippen LogP contribution is -2.22. The third-order valence-corrected chi connectivity index (χ3v) is 6.65. The van der Waals surface area contributed by atoms with Crippen molar-refractivity contribution in [1.82, 2.24) is 4.98 Å². The molecule has 1 unspecified atom stereocenters. The number of aromatic nitrogens is 1. The van der Waals surface area contributed by atoms with Gasteiger partial charge in [0.1, 0.15) is 0 Å². The van der Waals surface area contributed by atoms with Crippen LogP contribution >= 0.6 is 11.3 Å². The molecule has 0 amide bonds. The molecule has 2 aromatic rings. The first-order valence-electron chi connectivity index (χ1n) is 10.4. The van der Waals surface area contributed by atoms with Crippen LogP contribution in [0.2, 0.25) is 0 Å². The summed E-state index contributed by atoms with van der Waals surface area (Å²) in [5.74, 6) is 0. The molecule has 1 aliphatic rings. The van der Waals surface area contributed by atoms with Crippen LogP contribution in [0.15, 0.2) is 24.4 Å². The first kappa shape index (κ1) is 21.3. The molecule has 1 aliphatic carbocycles. The largest absolute Gasteiger partial charge is 0.368 e. The molecule has 2 heterocycles. The Balaban J connectivity index is 2.16. The minimum atomic E-state index is -0.171. The lowest BCUT2D eigenvalue weighted by atomic mass is 9.76. The molecule has 0 N–H and O–H groups in total.